The zero-order valence-electron chi connectivity index (χ0n) is 18.7. The van der Waals surface area contributed by atoms with Gasteiger partial charge in [0.05, 0.1) is 4.90 Å². The van der Waals surface area contributed by atoms with E-state index in [0.717, 1.165) is 23.4 Å². The lowest BCUT2D eigenvalue weighted by molar-refractivity contribution is 0.0920. The Balaban J connectivity index is 1.23. The molecule has 1 aromatic heterocycles. The van der Waals surface area contributed by atoms with Gasteiger partial charge < -0.3 is 10.1 Å². The number of nitrogens with zero attached hydrogens (tertiary/aromatic N) is 1. The lowest BCUT2D eigenvalue weighted by atomic mass is 9.92. The highest BCUT2D eigenvalue weighted by atomic mass is 32.2. The topological polar surface area (TPSA) is 97.4 Å². The van der Waals surface area contributed by atoms with Crippen LogP contribution in [-0.2, 0) is 16.6 Å². The van der Waals surface area contributed by atoms with Crippen molar-refractivity contribution in [1.82, 2.24) is 15.0 Å². The monoisotopic (exact) mass is 503 g/mol. The van der Waals surface area contributed by atoms with Crippen molar-refractivity contribution >= 4 is 27.3 Å². The molecule has 1 saturated carbocycles. The van der Waals surface area contributed by atoms with Crippen molar-refractivity contribution in [2.75, 3.05) is 0 Å². The van der Waals surface area contributed by atoms with Crippen LogP contribution in [0.3, 0.4) is 0 Å². The van der Waals surface area contributed by atoms with Crippen LogP contribution in [0.5, 0.6) is 5.75 Å². The van der Waals surface area contributed by atoms with Crippen molar-refractivity contribution in [3.63, 3.8) is 0 Å². The summed E-state index contributed by atoms with van der Waals surface area (Å²) in [5.74, 6) is 0.0213. The number of amides is 1. The molecule has 7 nitrogen and oxygen atoms in total. The Hall–Kier alpha value is -2.82. The summed E-state index contributed by atoms with van der Waals surface area (Å²) in [6, 6.07) is 12.2. The predicted octanol–water partition coefficient (Wildman–Crippen LogP) is 4.19. The molecule has 10 heteroatoms. The molecule has 2 N–H and O–H groups in total. The van der Waals surface area contributed by atoms with E-state index < -0.39 is 15.8 Å². The number of halogens is 1. The van der Waals surface area contributed by atoms with Crippen LogP contribution in [0.2, 0.25) is 0 Å². The number of rotatable bonds is 8. The maximum Gasteiger partial charge on any atom is 0.270 e. The van der Waals surface area contributed by atoms with Crippen molar-refractivity contribution in [2.45, 2.75) is 56.2 Å². The van der Waals surface area contributed by atoms with Gasteiger partial charge in [0.1, 0.15) is 28.9 Å². The van der Waals surface area contributed by atoms with E-state index in [1.807, 2.05) is 31.2 Å². The molecule has 34 heavy (non-hydrogen) atoms. The molecule has 4 rings (SSSR count). The average Bonchev–Trinajstić information content (AvgIpc) is 3.29. The minimum absolute atomic E-state index is 0.0371. The van der Waals surface area contributed by atoms with Crippen molar-refractivity contribution in [2.24, 2.45) is 0 Å². The van der Waals surface area contributed by atoms with Crippen LogP contribution in [0, 0.1) is 12.7 Å². The van der Waals surface area contributed by atoms with E-state index in [1.165, 1.54) is 23.5 Å². The first-order chi connectivity index (χ1) is 16.3. The summed E-state index contributed by atoms with van der Waals surface area (Å²) >= 11 is 1.37. The first-order valence-electron chi connectivity index (χ1n) is 11.0. The molecule has 0 saturated heterocycles. The van der Waals surface area contributed by atoms with Gasteiger partial charge in [-0.1, -0.05) is 17.7 Å². The summed E-state index contributed by atoms with van der Waals surface area (Å²) in [5.41, 5.74) is 1.51. The SMILES string of the molecule is Cc1ccc(OCc2nc(C(=O)NC3CCC(NS(=O)(=O)c4ccc(F)cc4)CC3)cs2)cc1. The minimum Gasteiger partial charge on any atom is -0.486 e. The van der Waals surface area contributed by atoms with Gasteiger partial charge in [-0.3, -0.25) is 4.79 Å². The molecule has 1 fully saturated rings. The van der Waals surface area contributed by atoms with Gasteiger partial charge in [0.2, 0.25) is 10.0 Å². The maximum atomic E-state index is 13.1. The summed E-state index contributed by atoms with van der Waals surface area (Å²) in [7, 11) is -3.71. The van der Waals surface area contributed by atoms with Gasteiger partial charge in [0.15, 0.2) is 0 Å². The largest absolute Gasteiger partial charge is 0.486 e. The Kier molecular flexibility index (Phi) is 7.60. The number of carbonyl (C=O) groups is 1. The number of nitrogens with one attached hydrogen (secondary N) is 2. The van der Waals surface area contributed by atoms with Gasteiger partial charge in [0, 0.05) is 17.5 Å². The normalized spacial score (nSPS) is 18.4. The highest BCUT2D eigenvalue weighted by Crippen LogP contribution is 2.22. The minimum atomic E-state index is -3.71. The third-order valence-electron chi connectivity index (χ3n) is 5.68. The van der Waals surface area contributed by atoms with Gasteiger partial charge in [0.25, 0.3) is 5.91 Å². The summed E-state index contributed by atoms with van der Waals surface area (Å²) in [4.78, 5) is 17.0. The van der Waals surface area contributed by atoms with Crippen LogP contribution in [0.1, 0.15) is 46.7 Å². The van der Waals surface area contributed by atoms with Crippen LogP contribution in [0.25, 0.3) is 0 Å². The fraction of sp³-hybridized carbons (Fsp3) is 0.333. The standard InChI is InChI=1S/C24H26FN3O4S2/c1-16-2-10-20(11-3-16)32-14-23-27-22(15-33-23)24(29)26-18-6-8-19(9-7-18)28-34(30,31)21-12-4-17(25)5-13-21/h2-5,10-13,15,18-19,28H,6-9,14H2,1H3,(H,26,29). The molecule has 0 unspecified atom stereocenters. The number of aromatic nitrogens is 1. The summed E-state index contributed by atoms with van der Waals surface area (Å²) < 4.78 is 46.5. The second kappa shape index (κ2) is 10.6. The summed E-state index contributed by atoms with van der Waals surface area (Å²) in [6.45, 7) is 2.30. The fourth-order valence-electron chi connectivity index (χ4n) is 3.78. The molecule has 0 spiro atoms. The van der Waals surface area contributed by atoms with Crippen molar-refractivity contribution in [3.05, 3.63) is 76.0 Å². The number of hydrogen-bond acceptors (Lipinski definition) is 6. The molecule has 1 amide bonds. The Morgan fingerprint density at radius 3 is 2.38 bits per heavy atom. The first-order valence-corrected chi connectivity index (χ1v) is 13.4. The second-order valence-electron chi connectivity index (χ2n) is 8.33. The van der Waals surface area contributed by atoms with E-state index >= 15 is 0 Å². The number of aryl methyl sites for hydroxylation is 1. The molecule has 0 radical (unpaired) electrons. The van der Waals surface area contributed by atoms with Gasteiger partial charge in [-0.2, -0.15) is 0 Å². The molecule has 2 aromatic carbocycles. The zero-order valence-corrected chi connectivity index (χ0v) is 20.3. The molecule has 0 atom stereocenters. The van der Waals surface area contributed by atoms with Gasteiger partial charge in [-0.15, -0.1) is 11.3 Å². The third-order valence-corrected chi connectivity index (χ3v) is 8.03. The Morgan fingerprint density at radius 1 is 1.06 bits per heavy atom. The van der Waals surface area contributed by atoms with E-state index in [2.05, 4.69) is 15.0 Å². The van der Waals surface area contributed by atoms with Crippen LogP contribution >= 0.6 is 11.3 Å². The molecule has 1 aliphatic carbocycles. The highest BCUT2D eigenvalue weighted by molar-refractivity contribution is 7.89. The Bertz CT molecular complexity index is 1220. The molecular formula is C24H26FN3O4S2. The summed E-state index contributed by atoms with van der Waals surface area (Å²) in [5, 5.41) is 5.42. The molecule has 0 bridgehead atoms. The number of carbonyl (C=O) groups excluding carboxylic acids is 1. The third kappa shape index (κ3) is 6.40. The number of benzene rings is 2. The molecular weight excluding hydrogens is 477 g/mol. The smallest absolute Gasteiger partial charge is 0.270 e. The van der Waals surface area contributed by atoms with E-state index in [4.69, 9.17) is 4.74 Å². The van der Waals surface area contributed by atoms with Crippen LogP contribution in [0.4, 0.5) is 4.39 Å². The van der Waals surface area contributed by atoms with Crippen LogP contribution in [-0.4, -0.2) is 31.4 Å². The van der Waals surface area contributed by atoms with E-state index in [0.29, 0.717) is 43.0 Å². The molecule has 1 heterocycles. The quantitative estimate of drug-likeness (QED) is 0.481. The first kappa shape index (κ1) is 24.3. The molecule has 1 aliphatic rings. The van der Waals surface area contributed by atoms with Crippen LogP contribution in [0.15, 0.2) is 58.8 Å². The zero-order chi connectivity index (χ0) is 24.1. The fourth-order valence-corrected chi connectivity index (χ4v) is 5.77. The van der Waals surface area contributed by atoms with E-state index in [-0.39, 0.29) is 22.9 Å². The number of hydrogen-bond donors (Lipinski definition) is 2. The number of sulfonamides is 1. The van der Waals surface area contributed by atoms with Crippen molar-refractivity contribution < 1.29 is 22.3 Å². The lowest BCUT2D eigenvalue weighted by Crippen LogP contribution is -2.43. The van der Waals surface area contributed by atoms with Crippen LogP contribution < -0.4 is 14.8 Å². The molecule has 0 aliphatic heterocycles. The second-order valence-corrected chi connectivity index (χ2v) is 11.0. The lowest BCUT2D eigenvalue weighted by Gasteiger charge is -2.29. The van der Waals surface area contributed by atoms with E-state index in [9.17, 15) is 17.6 Å². The van der Waals surface area contributed by atoms with Gasteiger partial charge in [-0.25, -0.2) is 22.5 Å². The Morgan fingerprint density at radius 2 is 1.71 bits per heavy atom. The van der Waals surface area contributed by atoms with Crippen molar-refractivity contribution in [3.8, 4) is 5.75 Å². The van der Waals surface area contributed by atoms with Gasteiger partial charge >= 0.3 is 0 Å². The Labute approximate surface area is 202 Å². The summed E-state index contributed by atoms with van der Waals surface area (Å²) in [6.07, 6.45) is 2.49. The van der Waals surface area contributed by atoms with E-state index in [1.54, 1.807) is 5.38 Å². The molecule has 180 valence electrons. The molecule has 3 aromatic rings. The maximum absolute atomic E-state index is 13.1. The number of thiazole rings is 1. The number of ether oxygens (including phenoxy) is 1. The van der Waals surface area contributed by atoms with Gasteiger partial charge in [-0.05, 0) is 69.0 Å². The highest BCUT2D eigenvalue weighted by Gasteiger charge is 2.27. The van der Waals surface area contributed by atoms with Crippen molar-refractivity contribution in [1.29, 1.82) is 0 Å². The predicted molar refractivity (Wildman–Crippen MR) is 128 cm³/mol. The average molecular weight is 504 g/mol.